The molecule has 0 heterocycles. The Hall–Kier alpha value is -3.47. The molecule has 0 fully saturated rings. The third-order valence-electron chi connectivity index (χ3n) is 3.98. The molecule has 0 bridgehead atoms. The Balaban J connectivity index is 1.52. The lowest BCUT2D eigenvalue weighted by atomic mass is 10.1. The van der Waals surface area contributed by atoms with E-state index in [-0.39, 0.29) is 5.56 Å². The average Bonchev–Trinajstić information content (AvgIpc) is 2.72. The standard InChI is InChI=1S/C22H20O5/c1-25-21-15-18(22(23)24)9-12-20(21)27-14-13-26-19-10-7-17(8-11-19)16-5-3-2-4-6-16/h2-12,15H,13-14H2,1H3,(H,23,24). The minimum atomic E-state index is -1.01. The van der Waals surface area contributed by atoms with E-state index in [2.05, 4.69) is 12.1 Å². The molecule has 0 amide bonds. The van der Waals surface area contributed by atoms with Crippen molar-refractivity contribution < 1.29 is 24.1 Å². The van der Waals surface area contributed by atoms with E-state index in [9.17, 15) is 4.79 Å². The number of hydrogen-bond acceptors (Lipinski definition) is 4. The van der Waals surface area contributed by atoms with Crippen molar-refractivity contribution in [2.24, 2.45) is 0 Å². The van der Waals surface area contributed by atoms with Gasteiger partial charge in [-0.15, -0.1) is 0 Å². The second-order valence-corrected chi connectivity index (χ2v) is 5.76. The predicted molar refractivity (Wildman–Crippen MR) is 103 cm³/mol. The Morgan fingerprint density at radius 2 is 1.48 bits per heavy atom. The first-order valence-corrected chi connectivity index (χ1v) is 8.50. The quantitative estimate of drug-likeness (QED) is 0.596. The van der Waals surface area contributed by atoms with Crippen LogP contribution in [0.25, 0.3) is 11.1 Å². The van der Waals surface area contributed by atoms with E-state index in [4.69, 9.17) is 19.3 Å². The van der Waals surface area contributed by atoms with Gasteiger partial charge in [0.2, 0.25) is 0 Å². The monoisotopic (exact) mass is 364 g/mol. The molecule has 0 saturated carbocycles. The van der Waals surface area contributed by atoms with Crippen molar-refractivity contribution in [2.45, 2.75) is 0 Å². The molecule has 0 aliphatic carbocycles. The summed E-state index contributed by atoms with van der Waals surface area (Å²) in [5.74, 6) is 0.598. The van der Waals surface area contributed by atoms with Crippen LogP contribution in [0.3, 0.4) is 0 Å². The minimum absolute atomic E-state index is 0.147. The number of methoxy groups -OCH3 is 1. The Labute approximate surface area is 157 Å². The van der Waals surface area contributed by atoms with E-state index in [1.807, 2.05) is 42.5 Å². The molecular formula is C22H20O5. The third kappa shape index (κ3) is 4.79. The number of hydrogen-bond donors (Lipinski definition) is 1. The van der Waals surface area contributed by atoms with Gasteiger partial charge in [-0.3, -0.25) is 0 Å². The van der Waals surface area contributed by atoms with E-state index >= 15 is 0 Å². The van der Waals surface area contributed by atoms with Gasteiger partial charge in [-0.05, 0) is 41.5 Å². The van der Waals surface area contributed by atoms with Gasteiger partial charge >= 0.3 is 5.97 Å². The topological polar surface area (TPSA) is 65.0 Å². The minimum Gasteiger partial charge on any atom is -0.493 e. The van der Waals surface area contributed by atoms with Crippen LogP contribution in [0.2, 0.25) is 0 Å². The summed E-state index contributed by atoms with van der Waals surface area (Å²) in [6.07, 6.45) is 0. The van der Waals surface area contributed by atoms with E-state index < -0.39 is 5.97 Å². The number of ether oxygens (including phenoxy) is 3. The molecule has 5 nitrogen and oxygen atoms in total. The molecule has 3 rings (SSSR count). The molecule has 0 atom stereocenters. The van der Waals surface area contributed by atoms with Gasteiger partial charge in [0.05, 0.1) is 12.7 Å². The smallest absolute Gasteiger partial charge is 0.335 e. The van der Waals surface area contributed by atoms with Crippen LogP contribution in [0.1, 0.15) is 10.4 Å². The summed E-state index contributed by atoms with van der Waals surface area (Å²) in [5, 5.41) is 9.01. The van der Waals surface area contributed by atoms with Crippen LogP contribution in [0.5, 0.6) is 17.2 Å². The summed E-state index contributed by atoms with van der Waals surface area (Å²) >= 11 is 0. The van der Waals surface area contributed by atoms with Crippen LogP contribution in [-0.4, -0.2) is 31.4 Å². The van der Waals surface area contributed by atoms with E-state index in [1.54, 1.807) is 6.07 Å². The number of rotatable bonds is 8. The first-order valence-electron chi connectivity index (χ1n) is 8.50. The van der Waals surface area contributed by atoms with Crippen molar-refractivity contribution in [1.82, 2.24) is 0 Å². The molecule has 27 heavy (non-hydrogen) atoms. The Kier molecular flexibility index (Phi) is 5.94. The zero-order valence-electron chi connectivity index (χ0n) is 14.9. The van der Waals surface area contributed by atoms with E-state index in [1.165, 1.54) is 19.2 Å². The molecule has 0 saturated heterocycles. The highest BCUT2D eigenvalue weighted by Crippen LogP contribution is 2.28. The van der Waals surface area contributed by atoms with Crippen LogP contribution in [0, 0.1) is 0 Å². The summed E-state index contributed by atoms with van der Waals surface area (Å²) in [6.45, 7) is 0.664. The molecule has 0 aromatic heterocycles. The zero-order valence-corrected chi connectivity index (χ0v) is 14.9. The molecule has 3 aromatic carbocycles. The highest BCUT2D eigenvalue weighted by atomic mass is 16.5. The van der Waals surface area contributed by atoms with Crippen LogP contribution < -0.4 is 14.2 Å². The number of benzene rings is 3. The predicted octanol–water partition coefficient (Wildman–Crippen LogP) is 4.52. The molecule has 0 spiro atoms. The van der Waals surface area contributed by atoms with Crippen molar-refractivity contribution in [2.75, 3.05) is 20.3 Å². The lowest BCUT2D eigenvalue weighted by molar-refractivity contribution is 0.0696. The highest BCUT2D eigenvalue weighted by Gasteiger charge is 2.10. The fourth-order valence-corrected chi connectivity index (χ4v) is 2.61. The third-order valence-corrected chi connectivity index (χ3v) is 3.98. The average molecular weight is 364 g/mol. The van der Waals surface area contributed by atoms with Crippen molar-refractivity contribution in [1.29, 1.82) is 0 Å². The Morgan fingerprint density at radius 3 is 2.15 bits per heavy atom. The molecule has 0 aliphatic heterocycles. The highest BCUT2D eigenvalue weighted by molar-refractivity contribution is 5.88. The Bertz CT molecular complexity index is 888. The van der Waals surface area contributed by atoms with Gasteiger partial charge in [-0.2, -0.15) is 0 Å². The van der Waals surface area contributed by atoms with Gasteiger partial charge in [-0.25, -0.2) is 4.79 Å². The molecule has 0 aliphatic rings. The fraction of sp³-hybridized carbons (Fsp3) is 0.136. The molecule has 3 aromatic rings. The lowest BCUT2D eigenvalue weighted by Crippen LogP contribution is -2.10. The number of aromatic carboxylic acids is 1. The molecule has 0 radical (unpaired) electrons. The van der Waals surface area contributed by atoms with Crippen molar-refractivity contribution in [3.8, 4) is 28.4 Å². The van der Waals surface area contributed by atoms with Gasteiger partial charge in [0, 0.05) is 0 Å². The van der Waals surface area contributed by atoms with Crippen LogP contribution in [0.15, 0.2) is 72.8 Å². The Morgan fingerprint density at radius 1 is 0.815 bits per heavy atom. The zero-order chi connectivity index (χ0) is 19.1. The number of carboxylic acid groups (broad SMARTS) is 1. The first-order chi connectivity index (χ1) is 13.2. The van der Waals surface area contributed by atoms with Gasteiger partial charge in [0.25, 0.3) is 0 Å². The summed E-state index contributed by atoms with van der Waals surface area (Å²) in [5.41, 5.74) is 2.43. The van der Waals surface area contributed by atoms with Crippen molar-refractivity contribution in [3.63, 3.8) is 0 Å². The van der Waals surface area contributed by atoms with Crippen LogP contribution in [-0.2, 0) is 0 Å². The first kappa shape index (κ1) is 18.3. The molecular weight excluding hydrogens is 344 g/mol. The van der Waals surface area contributed by atoms with Crippen LogP contribution >= 0.6 is 0 Å². The lowest BCUT2D eigenvalue weighted by Gasteiger charge is -2.12. The van der Waals surface area contributed by atoms with Crippen LogP contribution in [0.4, 0.5) is 0 Å². The van der Waals surface area contributed by atoms with Gasteiger partial charge in [0.1, 0.15) is 19.0 Å². The van der Waals surface area contributed by atoms with Gasteiger partial charge in [-0.1, -0.05) is 42.5 Å². The SMILES string of the molecule is COc1cc(C(=O)O)ccc1OCCOc1ccc(-c2ccccc2)cc1. The summed E-state index contributed by atoms with van der Waals surface area (Å²) < 4.78 is 16.5. The molecule has 138 valence electrons. The van der Waals surface area contributed by atoms with Crippen molar-refractivity contribution >= 4 is 5.97 Å². The van der Waals surface area contributed by atoms with Gasteiger partial charge < -0.3 is 19.3 Å². The number of carboxylic acids is 1. The van der Waals surface area contributed by atoms with Gasteiger partial charge in [0.15, 0.2) is 11.5 Å². The second-order valence-electron chi connectivity index (χ2n) is 5.76. The molecule has 0 unspecified atom stereocenters. The van der Waals surface area contributed by atoms with E-state index in [0.29, 0.717) is 24.7 Å². The second kappa shape index (κ2) is 8.76. The summed E-state index contributed by atoms with van der Waals surface area (Å²) in [7, 11) is 1.47. The maximum atomic E-state index is 11.0. The maximum Gasteiger partial charge on any atom is 0.335 e. The normalized spacial score (nSPS) is 10.3. The van der Waals surface area contributed by atoms with Crippen molar-refractivity contribution in [3.05, 3.63) is 78.4 Å². The summed E-state index contributed by atoms with van der Waals surface area (Å²) in [6, 6.07) is 22.5. The molecule has 5 heteroatoms. The maximum absolute atomic E-state index is 11.0. The summed E-state index contributed by atoms with van der Waals surface area (Å²) in [4.78, 5) is 11.0. The molecule has 1 N–H and O–H groups in total. The largest absolute Gasteiger partial charge is 0.493 e. The van der Waals surface area contributed by atoms with E-state index in [0.717, 1.165) is 16.9 Å². The number of carbonyl (C=O) groups is 1. The fourth-order valence-electron chi connectivity index (χ4n) is 2.61.